The molecule has 0 spiro atoms. The summed E-state index contributed by atoms with van der Waals surface area (Å²) in [5.74, 6) is -0.0581. The van der Waals surface area contributed by atoms with Crippen LogP contribution in [0.2, 0.25) is 0 Å². The molecule has 2 atom stereocenters. The molecule has 3 aromatic rings. The fourth-order valence-electron chi connectivity index (χ4n) is 4.82. The Morgan fingerprint density at radius 2 is 1.94 bits per heavy atom. The third kappa shape index (κ3) is 3.43. The van der Waals surface area contributed by atoms with Gasteiger partial charge in [0.05, 0.1) is 10.6 Å². The maximum absolute atomic E-state index is 13.5. The van der Waals surface area contributed by atoms with Crippen molar-refractivity contribution in [2.24, 2.45) is 11.1 Å². The third-order valence-corrected chi connectivity index (χ3v) is 7.41. The number of amides is 1. The lowest BCUT2D eigenvalue weighted by Crippen LogP contribution is -2.36. The van der Waals surface area contributed by atoms with Crippen LogP contribution in [0.3, 0.4) is 0 Å². The molecule has 2 aliphatic rings. The van der Waals surface area contributed by atoms with Crippen molar-refractivity contribution < 1.29 is 13.2 Å². The second-order valence-electron chi connectivity index (χ2n) is 8.30. The number of carbonyl (C=O) groups is 1. The molecular formula is C24H23N3O3S. The number of hydrogen-bond acceptors (Lipinski definition) is 4. The summed E-state index contributed by atoms with van der Waals surface area (Å²) in [4.78, 5) is 19.7. The molecule has 31 heavy (non-hydrogen) atoms. The maximum Gasteiger partial charge on any atom is 0.238 e. The van der Waals surface area contributed by atoms with Crippen LogP contribution >= 0.6 is 0 Å². The quantitative estimate of drug-likeness (QED) is 0.686. The van der Waals surface area contributed by atoms with Crippen LogP contribution < -0.4 is 10.0 Å². The zero-order valence-electron chi connectivity index (χ0n) is 17.2. The Hall–Kier alpha value is -3.03. The molecular weight excluding hydrogens is 410 g/mol. The van der Waals surface area contributed by atoms with Gasteiger partial charge in [-0.3, -0.25) is 9.78 Å². The van der Waals surface area contributed by atoms with Gasteiger partial charge in [0.1, 0.15) is 0 Å². The first-order valence-electron chi connectivity index (χ1n) is 10.3. The zero-order valence-corrected chi connectivity index (χ0v) is 18.0. The van der Waals surface area contributed by atoms with Crippen LogP contribution in [0.15, 0.2) is 65.7 Å². The highest BCUT2D eigenvalue weighted by atomic mass is 32.2. The highest BCUT2D eigenvalue weighted by molar-refractivity contribution is 7.89. The molecule has 1 amide bonds. The Balaban J connectivity index is 1.44. The van der Waals surface area contributed by atoms with Crippen molar-refractivity contribution in [3.63, 3.8) is 0 Å². The predicted octanol–water partition coefficient (Wildman–Crippen LogP) is 3.26. The van der Waals surface area contributed by atoms with Crippen molar-refractivity contribution in [2.75, 3.05) is 11.4 Å². The molecule has 0 saturated heterocycles. The van der Waals surface area contributed by atoms with Gasteiger partial charge in [0.2, 0.25) is 15.9 Å². The van der Waals surface area contributed by atoms with Gasteiger partial charge in [0.25, 0.3) is 0 Å². The Morgan fingerprint density at radius 1 is 1.10 bits per heavy atom. The van der Waals surface area contributed by atoms with Crippen LogP contribution in [-0.4, -0.2) is 25.9 Å². The Labute approximate surface area is 181 Å². The van der Waals surface area contributed by atoms with E-state index in [1.807, 2.05) is 18.2 Å². The van der Waals surface area contributed by atoms with Gasteiger partial charge in [-0.15, -0.1) is 0 Å². The number of pyridine rings is 1. The number of anilines is 1. The van der Waals surface area contributed by atoms with Gasteiger partial charge in [0.15, 0.2) is 0 Å². The number of rotatable bonds is 3. The number of nitrogens with zero attached hydrogens (tertiary/aromatic N) is 2. The summed E-state index contributed by atoms with van der Waals surface area (Å²) in [6.45, 7) is 2.65. The standard InChI is InChI=1S/C24H23N3O3S/c1-15-20-8-6-17(22-4-2-3-10-26-22)12-18(20)13-21(15)24(28)27-11-9-16-5-7-19(14-23(16)27)31(25,29)30/h2-8,10,12,14-15,21H,9,11,13H2,1H3,(H2,25,29,30)/t15-,21-/m1/s1. The van der Waals surface area contributed by atoms with E-state index in [9.17, 15) is 13.2 Å². The largest absolute Gasteiger partial charge is 0.312 e. The highest BCUT2D eigenvalue weighted by Gasteiger charge is 2.39. The van der Waals surface area contributed by atoms with Crippen molar-refractivity contribution in [2.45, 2.75) is 30.6 Å². The topological polar surface area (TPSA) is 93.4 Å². The average molecular weight is 434 g/mol. The van der Waals surface area contributed by atoms with Crippen LogP contribution in [-0.2, 0) is 27.7 Å². The molecule has 1 aliphatic carbocycles. The lowest BCUT2D eigenvalue weighted by atomic mass is 9.93. The lowest BCUT2D eigenvalue weighted by Gasteiger charge is -2.24. The summed E-state index contributed by atoms with van der Waals surface area (Å²) >= 11 is 0. The second-order valence-corrected chi connectivity index (χ2v) is 9.86. The molecule has 158 valence electrons. The smallest absolute Gasteiger partial charge is 0.238 e. The molecule has 0 fully saturated rings. The Morgan fingerprint density at radius 3 is 2.68 bits per heavy atom. The number of nitrogens with two attached hydrogens (primary N) is 1. The molecule has 1 aliphatic heterocycles. The maximum atomic E-state index is 13.5. The number of aromatic nitrogens is 1. The van der Waals surface area contributed by atoms with Crippen molar-refractivity contribution in [3.8, 4) is 11.3 Å². The van der Waals surface area contributed by atoms with Crippen molar-refractivity contribution in [1.29, 1.82) is 0 Å². The molecule has 2 aromatic carbocycles. The molecule has 6 nitrogen and oxygen atoms in total. The first kappa shape index (κ1) is 19.9. The second kappa shape index (κ2) is 7.28. The predicted molar refractivity (Wildman–Crippen MR) is 119 cm³/mol. The minimum absolute atomic E-state index is 0.0356. The van der Waals surface area contributed by atoms with Gasteiger partial charge >= 0.3 is 0 Å². The summed E-state index contributed by atoms with van der Waals surface area (Å²) in [6.07, 6.45) is 3.15. The number of hydrogen-bond donors (Lipinski definition) is 1. The van der Waals surface area contributed by atoms with Crippen molar-refractivity contribution >= 4 is 21.6 Å². The van der Waals surface area contributed by atoms with E-state index in [1.165, 1.54) is 23.3 Å². The van der Waals surface area contributed by atoms with Crippen LogP contribution in [0.25, 0.3) is 11.3 Å². The van der Waals surface area contributed by atoms with E-state index in [1.54, 1.807) is 17.2 Å². The Bertz CT molecular complexity index is 1290. The molecule has 5 rings (SSSR count). The normalized spacial score (nSPS) is 19.9. The third-order valence-electron chi connectivity index (χ3n) is 6.50. The lowest BCUT2D eigenvalue weighted by molar-refractivity contribution is -0.122. The molecule has 0 saturated carbocycles. The summed E-state index contributed by atoms with van der Waals surface area (Å²) in [5, 5.41) is 5.30. The zero-order chi connectivity index (χ0) is 21.8. The fourth-order valence-corrected chi connectivity index (χ4v) is 5.35. The molecule has 0 radical (unpaired) electrons. The van der Waals surface area contributed by atoms with E-state index in [0.717, 1.165) is 16.8 Å². The van der Waals surface area contributed by atoms with Crippen LogP contribution in [0.1, 0.15) is 29.5 Å². The number of benzene rings is 2. The number of primary sulfonamides is 1. The van der Waals surface area contributed by atoms with Gasteiger partial charge in [-0.25, -0.2) is 13.6 Å². The molecule has 0 bridgehead atoms. The number of sulfonamides is 1. The Kier molecular flexibility index (Phi) is 4.68. The van der Waals surface area contributed by atoms with E-state index < -0.39 is 10.0 Å². The molecule has 0 unspecified atom stereocenters. The van der Waals surface area contributed by atoms with E-state index in [-0.39, 0.29) is 22.6 Å². The van der Waals surface area contributed by atoms with Gasteiger partial charge in [-0.05, 0) is 65.8 Å². The summed E-state index contributed by atoms with van der Waals surface area (Å²) in [7, 11) is -3.82. The highest BCUT2D eigenvalue weighted by Crippen LogP contribution is 2.42. The van der Waals surface area contributed by atoms with Gasteiger partial charge in [-0.2, -0.15) is 0 Å². The monoisotopic (exact) mass is 433 g/mol. The number of carbonyl (C=O) groups excluding carboxylic acids is 1. The summed E-state index contributed by atoms with van der Waals surface area (Å²) in [5.41, 5.74) is 5.96. The van der Waals surface area contributed by atoms with Crippen LogP contribution in [0.4, 0.5) is 5.69 Å². The fraction of sp³-hybridized carbons (Fsp3) is 0.250. The van der Waals surface area contributed by atoms with Gasteiger partial charge < -0.3 is 4.90 Å². The van der Waals surface area contributed by atoms with Gasteiger partial charge in [0, 0.05) is 29.9 Å². The van der Waals surface area contributed by atoms with E-state index in [4.69, 9.17) is 5.14 Å². The van der Waals surface area contributed by atoms with E-state index in [2.05, 4.69) is 30.1 Å². The van der Waals surface area contributed by atoms with E-state index >= 15 is 0 Å². The van der Waals surface area contributed by atoms with Crippen molar-refractivity contribution in [1.82, 2.24) is 4.98 Å². The van der Waals surface area contributed by atoms with Crippen molar-refractivity contribution in [3.05, 3.63) is 77.5 Å². The van der Waals surface area contributed by atoms with E-state index in [0.29, 0.717) is 25.1 Å². The van der Waals surface area contributed by atoms with Gasteiger partial charge in [-0.1, -0.05) is 31.2 Å². The first-order chi connectivity index (χ1) is 14.8. The molecule has 2 N–H and O–H groups in total. The number of fused-ring (bicyclic) bond motifs is 2. The average Bonchev–Trinajstić information content (AvgIpc) is 3.34. The molecule has 7 heteroatoms. The SMILES string of the molecule is C[C@@H]1c2ccc(-c3ccccn3)cc2C[C@H]1C(=O)N1CCc2ccc(S(N)(=O)=O)cc21. The molecule has 1 aromatic heterocycles. The summed E-state index contributed by atoms with van der Waals surface area (Å²) < 4.78 is 23.6. The van der Waals surface area contributed by atoms with Crippen LogP contribution in [0.5, 0.6) is 0 Å². The minimum atomic E-state index is -3.82. The molecule has 2 heterocycles. The first-order valence-corrected chi connectivity index (χ1v) is 11.9. The summed E-state index contributed by atoms with van der Waals surface area (Å²) in [6, 6.07) is 16.9. The minimum Gasteiger partial charge on any atom is -0.312 e. The van der Waals surface area contributed by atoms with Crippen LogP contribution in [0, 0.1) is 5.92 Å².